The van der Waals surface area contributed by atoms with Crippen LogP contribution >= 0.6 is 0 Å². The van der Waals surface area contributed by atoms with Crippen LogP contribution in [0.4, 0.5) is 0 Å². The van der Waals surface area contributed by atoms with Crippen LogP contribution in [-0.2, 0) is 28.6 Å². The summed E-state index contributed by atoms with van der Waals surface area (Å²) in [7, 11) is 1.30. The van der Waals surface area contributed by atoms with Crippen molar-refractivity contribution in [2.75, 3.05) is 40.0 Å². The third-order valence-corrected chi connectivity index (χ3v) is 6.42. The van der Waals surface area contributed by atoms with Crippen LogP contribution in [0.3, 0.4) is 0 Å². The summed E-state index contributed by atoms with van der Waals surface area (Å²) < 4.78 is 21.7. The average molecular weight is 485 g/mol. The molecule has 188 valence electrons. The van der Waals surface area contributed by atoms with Crippen LogP contribution in [0, 0.1) is 0 Å². The zero-order chi connectivity index (χ0) is 24.8. The lowest BCUT2D eigenvalue weighted by molar-refractivity contribution is -0.136. The maximum Gasteiger partial charge on any atom is 0.340 e. The van der Waals surface area contributed by atoms with Crippen molar-refractivity contribution >= 4 is 23.9 Å². The smallest absolute Gasteiger partial charge is 0.340 e. The number of esters is 1. The molecule has 2 fully saturated rings. The molecular weight excluding hydrogens is 452 g/mol. The van der Waals surface area contributed by atoms with Crippen LogP contribution in [0.1, 0.15) is 38.2 Å². The molecule has 2 saturated heterocycles. The van der Waals surface area contributed by atoms with Crippen LogP contribution in [0.15, 0.2) is 41.1 Å². The van der Waals surface area contributed by atoms with Gasteiger partial charge in [-0.15, -0.1) is 0 Å². The molecule has 3 heterocycles. The zero-order valence-corrected chi connectivity index (χ0v) is 20.2. The molecule has 1 N–H and O–H groups in total. The van der Waals surface area contributed by atoms with E-state index in [1.165, 1.54) is 7.11 Å². The van der Waals surface area contributed by atoms with E-state index in [0.717, 1.165) is 37.9 Å². The zero-order valence-electron chi connectivity index (χ0n) is 20.2. The molecule has 9 heteroatoms. The molecular formula is C26H32N2O7. The number of amides is 2. The topological polar surface area (TPSA) is 103 Å². The molecule has 3 aliphatic heterocycles. The fraction of sp³-hybridized carbons (Fsp3) is 0.500. The summed E-state index contributed by atoms with van der Waals surface area (Å²) in [5.74, 6) is -0.484. The highest BCUT2D eigenvalue weighted by atomic mass is 16.5. The number of carbonyl (C=O) groups is 3. The van der Waals surface area contributed by atoms with E-state index >= 15 is 0 Å². The molecule has 0 aromatic heterocycles. The first-order chi connectivity index (χ1) is 17.0. The van der Waals surface area contributed by atoms with Crippen molar-refractivity contribution < 1.29 is 33.3 Å². The van der Waals surface area contributed by atoms with Gasteiger partial charge in [0.2, 0.25) is 0 Å². The summed E-state index contributed by atoms with van der Waals surface area (Å²) in [6.07, 6.45) is 5.55. The number of hydrogen-bond donors (Lipinski definition) is 1. The van der Waals surface area contributed by atoms with Gasteiger partial charge in [-0.3, -0.25) is 9.59 Å². The molecule has 2 amide bonds. The van der Waals surface area contributed by atoms with Gasteiger partial charge in [0.1, 0.15) is 5.75 Å². The average Bonchev–Trinajstić information content (AvgIpc) is 3.62. The lowest BCUT2D eigenvalue weighted by Crippen LogP contribution is -2.35. The lowest BCUT2D eigenvalue weighted by Gasteiger charge is -2.21. The fourth-order valence-corrected chi connectivity index (χ4v) is 4.50. The molecule has 2 atom stereocenters. The van der Waals surface area contributed by atoms with Gasteiger partial charge in [-0.05, 0) is 56.4 Å². The van der Waals surface area contributed by atoms with Gasteiger partial charge < -0.3 is 29.2 Å². The van der Waals surface area contributed by atoms with Gasteiger partial charge in [-0.25, -0.2) is 4.79 Å². The number of methoxy groups -OCH3 is 1. The predicted octanol–water partition coefficient (Wildman–Crippen LogP) is 2.21. The van der Waals surface area contributed by atoms with Crippen molar-refractivity contribution in [1.82, 2.24) is 10.2 Å². The standard InChI is InChI=1S/C26H32N2O7/c1-17-24(26(31)32-2)22(25(30)28(17)15-21-6-4-12-34-21)13-18-7-9-19(10-8-18)35-16-23(29)27-14-20-5-3-11-33-20/h7-10,13,20-21H,3-6,11-12,14-16H2,1-2H3,(H,27,29)/b22-13-/t20-,21-/m1/s1. The molecule has 3 aliphatic rings. The van der Waals surface area contributed by atoms with Crippen molar-refractivity contribution in [1.29, 1.82) is 0 Å². The highest BCUT2D eigenvalue weighted by molar-refractivity contribution is 6.16. The molecule has 0 unspecified atom stereocenters. The third-order valence-electron chi connectivity index (χ3n) is 6.42. The van der Waals surface area contributed by atoms with Crippen LogP contribution in [-0.4, -0.2) is 74.9 Å². The predicted molar refractivity (Wildman–Crippen MR) is 127 cm³/mol. The normalized spacial score (nSPS) is 23.3. The minimum atomic E-state index is -0.550. The van der Waals surface area contributed by atoms with Gasteiger partial charge in [0.25, 0.3) is 11.8 Å². The summed E-state index contributed by atoms with van der Waals surface area (Å²) in [6, 6.07) is 6.98. The number of benzene rings is 1. The van der Waals surface area contributed by atoms with E-state index in [-0.39, 0.29) is 41.8 Å². The maximum absolute atomic E-state index is 13.2. The van der Waals surface area contributed by atoms with E-state index < -0.39 is 5.97 Å². The van der Waals surface area contributed by atoms with E-state index in [2.05, 4.69) is 5.32 Å². The number of rotatable bonds is 9. The first-order valence-electron chi connectivity index (χ1n) is 12.0. The molecule has 1 aromatic carbocycles. The van der Waals surface area contributed by atoms with E-state index in [4.69, 9.17) is 18.9 Å². The second-order valence-corrected chi connectivity index (χ2v) is 8.86. The van der Waals surface area contributed by atoms with Gasteiger partial charge in [0, 0.05) is 25.5 Å². The Morgan fingerprint density at radius 1 is 1.11 bits per heavy atom. The summed E-state index contributed by atoms with van der Waals surface area (Å²) in [4.78, 5) is 39.3. The van der Waals surface area contributed by atoms with E-state index in [1.807, 2.05) is 0 Å². The molecule has 9 nitrogen and oxygen atoms in total. The van der Waals surface area contributed by atoms with E-state index in [0.29, 0.717) is 31.1 Å². The van der Waals surface area contributed by atoms with Crippen LogP contribution < -0.4 is 10.1 Å². The van der Waals surface area contributed by atoms with Gasteiger partial charge in [-0.1, -0.05) is 12.1 Å². The number of carbonyl (C=O) groups excluding carboxylic acids is 3. The Kier molecular flexibility index (Phi) is 8.20. The number of ether oxygens (including phenoxy) is 4. The van der Waals surface area contributed by atoms with Crippen molar-refractivity contribution in [3.63, 3.8) is 0 Å². The Morgan fingerprint density at radius 3 is 2.43 bits per heavy atom. The van der Waals surface area contributed by atoms with Crippen molar-refractivity contribution in [2.24, 2.45) is 0 Å². The largest absolute Gasteiger partial charge is 0.484 e. The number of nitrogens with one attached hydrogen (secondary N) is 1. The monoisotopic (exact) mass is 484 g/mol. The van der Waals surface area contributed by atoms with E-state index in [1.54, 1.807) is 42.2 Å². The Morgan fingerprint density at radius 2 is 1.80 bits per heavy atom. The van der Waals surface area contributed by atoms with Crippen molar-refractivity contribution in [3.8, 4) is 5.75 Å². The highest BCUT2D eigenvalue weighted by Gasteiger charge is 2.38. The molecule has 0 spiro atoms. The highest BCUT2D eigenvalue weighted by Crippen LogP contribution is 2.33. The Labute approximate surface area is 205 Å². The molecule has 0 aliphatic carbocycles. The molecule has 1 aromatic rings. The van der Waals surface area contributed by atoms with Gasteiger partial charge in [0.05, 0.1) is 37.0 Å². The number of hydrogen-bond acceptors (Lipinski definition) is 7. The fourth-order valence-electron chi connectivity index (χ4n) is 4.50. The van der Waals surface area contributed by atoms with Crippen LogP contribution in [0.25, 0.3) is 6.08 Å². The van der Waals surface area contributed by atoms with Gasteiger partial charge in [-0.2, -0.15) is 0 Å². The minimum Gasteiger partial charge on any atom is -0.484 e. The van der Waals surface area contributed by atoms with Crippen molar-refractivity contribution in [3.05, 3.63) is 46.7 Å². The van der Waals surface area contributed by atoms with Crippen LogP contribution in [0.5, 0.6) is 5.75 Å². The Bertz CT molecular complexity index is 1000. The summed E-state index contributed by atoms with van der Waals surface area (Å²) >= 11 is 0. The molecule has 4 rings (SSSR count). The van der Waals surface area contributed by atoms with Crippen LogP contribution in [0.2, 0.25) is 0 Å². The second-order valence-electron chi connectivity index (χ2n) is 8.86. The maximum atomic E-state index is 13.2. The van der Waals surface area contributed by atoms with E-state index in [9.17, 15) is 14.4 Å². The van der Waals surface area contributed by atoms with Gasteiger partial charge >= 0.3 is 5.97 Å². The summed E-state index contributed by atoms with van der Waals surface area (Å²) in [5, 5.41) is 2.82. The summed E-state index contributed by atoms with van der Waals surface area (Å²) in [6.45, 7) is 3.98. The summed E-state index contributed by atoms with van der Waals surface area (Å²) in [5.41, 5.74) is 1.84. The quantitative estimate of drug-likeness (QED) is 0.423. The van der Waals surface area contributed by atoms with Crippen molar-refractivity contribution in [2.45, 2.75) is 44.8 Å². The number of nitrogens with zero attached hydrogens (tertiary/aromatic N) is 1. The van der Waals surface area contributed by atoms with Gasteiger partial charge in [0.15, 0.2) is 6.61 Å². The molecule has 35 heavy (non-hydrogen) atoms. The lowest BCUT2D eigenvalue weighted by atomic mass is 10.0. The first-order valence-corrected chi connectivity index (χ1v) is 12.0. The molecule has 0 radical (unpaired) electrons. The second kappa shape index (κ2) is 11.5. The molecule has 0 bridgehead atoms. The first kappa shape index (κ1) is 24.9. The number of allylic oxidation sites excluding steroid dienone is 1. The minimum absolute atomic E-state index is 0.0357. The Hall–Kier alpha value is -3.17. The third kappa shape index (κ3) is 6.10. The SMILES string of the molecule is COC(=O)C1=C(C)N(C[C@H]2CCCO2)C(=O)/C1=C\c1ccc(OCC(=O)NC[C@H]2CCCO2)cc1. The Balaban J connectivity index is 1.40. The molecule has 0 saturated carbocycles.